The van der Waals surface area contributed by atoms with Gasteiger partial charge in [0.2, 0.25) is 11.1 Å². The van der Waals surface area contributed by atoms with Crippen molar-refractivity contribution in [3.8, 4) is 5.75 Å². The Hall–Kier alpha value is -2.09. The highest BCUT2D eigenvalue weighted by atomic mass is 32.2. The second-order valence-corrected chi connectivity index (χ2v) is 4.74. The molecule has 2 aromatic rings. The van der Waals surface area contributed by atoms with Crippen LogP contribution in [-0.4, -0.2) is 26.5 Å². The van der Waals surface area contributed by atoms with Crippen molar-refractivity contribution in [2.45, 2.75) is 11.8 Å². The average molecular weight is 280 g/mol. The number of carbonyl (C=O) groups excluding carboxylic acids is 1. The molecule has 1 aromatic heterocycles. The van der Waals surface area contributed by atoms with Crippen LogP contribution in [0, 0.1) is 5.82 Å². The Morgan fingerprint density at radius 1 is 1.37 bits per heavy atom. The summed E-state index contributed by atoms with van der Waals surface area (Å²) in [6.45, 7) is 0.138. The third-order valence-corrected chi connectivity index (χ3v) is 3.38. The number of hydrogen-bond acceptors (Lipinski definition) is 5. The van der Waals surface area contributed by atoms with Crippen molar-refractivity contribution in [3.63, 3.8) is 0 Å². The first-order valence-corrected chi connectivity index (χ1v) is 6.46. The highest BCUT2D eigenvalue weighted by Crippen LogP contribution is 2.20. The zero-order chi connectivity index (χ0) is 13.2. The molecule has 1 aromatic carbocycles. The molecule has 0 fully saturated rings. The molecule has 0 atom stereocenters. The van der Waals surface area contributed by atoms with Crippen LogP contribution in [0.1, 0.15) is 5.82 Å². The summed E-state index contributed by atoms with van der Waals surface area (Å²) in [6.07, 6.45) is 0. The van der Waals surface area contributed by atoms with Crippen LogP contribution in [0.25, 0.3) is 0 Å². The second kappa shape index (κ2) is 4.88. The fraction of sp³-hybridized carbons (Fsp3) is 0.182. The van der Waals surface area contributed by atoms with Gasteiger partial charge >= 0.3 is 0 Å². The van der Waals surface area contributed by atoms with Crippen LogP contribution in [0.2, 0.25) is 0 Å². The molecule has 0 aliphatic carbocycles. The van der Waals surface area contributed by atoms with Crippen LogP contribution in [0.3, 0.4) is 0 Å². The van der Waals surface area contributed by atoms with Gasteiger partial charge in [0.1, 0.15) is 18.2 Å². The van der Waals surface area contributed by atoms with Gasteiger partial charge in [-0.2, -0.15) is 0 Å². The molecule has 2 heterocycles. The number of amides is 1. The minimum atomic E-state index is -0.323. The van der Waals surface area contributed by atoms with Crippen LogP contribution < -0.4 is 10.2 Å². The van der Waals surface area contributed by atoms with E-state index in [4.69, 9.17) is 4.74 Å². The lowest BCUT2D eigenvalue weighted by Gasteiger charge is -2.15. The van der Waals surface area contributed by atoms with Crippen LogP contribution in [0.4, 0.5) is 4.39 Å². The van der Waals surface area contributed by atoms with Crippen molar-refractivity contribution in [1.82, 2.24) is 14.9 Å². The standard InChI is InChI=1S/C11H9FN4O2S/c12-7-1-3-8(4-2-7)18-5-9-13-14-11-16(9)15-10(17)6-19-11/h1-4H,5-6H2,(H,15,17). The van der Waals surface area contributed by atoms with E-state index in [1.165, 1.54) is 40.7 Å². The maximum absolute atomic E-state index is 12.7. The summed E-state index contributed by atoms with van der Waals surface area (Å²) in [4.78, 5) is 11.3. The monoisotopic (exact) mass is 280 g/mol. The van der Waals surface area contributed by atoms with Gasteiger partial charge in [0, 0.05) is 0 Å². The summed E-state index contributed by atoms with van der Waals surface area (Å²) in [6, 6.07) is 5.67. The summed E-state index contributed by atoms with van der Waals surface area (Å²) in [5, 5.41) is 8.50. The number of carbonyl (C=O) groups is 1. The first-order valence-electron chi connectivity index (χ1n) is 5.48. The molecule has 0 unspecified atom stereocenters. The number of aromatic nitrogens is 3. The van der Waals surface area contributed by atoms with E-state index in [1.807, 2.05) is 0 Å². The Morgan fingerprint density at radius 3 is 2.95 bits per heavy atom. The lowest BCUT2D eigenvalue weighted by atomic mass is 10.3. The van der Waals surface area contributed by atoms with Gasteiger partial charge in [-0.1, -0.05) is 11.8 Å². The van der Waals surface area contributed by atoms with E-state index in [-0.39, 0.29) is 18.3 Å². The van der Waals surface area contributed by atoms with Gasteiger partial charge in [-0.15, -0.1) is 10.2 Å². The molecule has 1 aliphatic rings. The zero-order valence-electron chi connectivity index (χ0n) is 9.67. The molecule has 0 saturated carbocycles. The smallest absolute Gasteiger partial charge is 0.249 e. The van der Waals surface area contributed by atoms with Gasteiger partial charge in [0.25, 0.3) is 0 Å². The number of benzene rings is 1. The summed E-state index contributed by atoms with van der Waals surface area (Å²) in [5.41, 5.74) is 2.65. The van der Waals surface area contributed by atoms with Crippen LogP contribution in [-0.2, 0) is 11.4 Å². The first kappa shape index (κ1) is 12.0. The molecule has 3 rings (SSSR count). The molecule has 6 nitrogen and oxygen atoms in total. The molecule has 1 amide bonds. The van der Waals surface area contributed by atoms with Crippen LogP contribution in [0.5, 0.6) is 5.75 Å². The fourth-order valence-corrected chi connectivity index (χ4v) is 2.27. The van der Waals surface area contributed by atoms with Crippen molar-refractivity contribution in [3.05, 3.63) is 35.9 Å². The molecular weight excluding hydrogens is 271 g/mol. The number of thioether (sulfide) groups is 1. The number of hydrogen-bond donors (Lipinski definition) is 1. The number of halogens is 1. The van der Waals surface area contributed by atoms with E-state index in [0.29, 0.717) is 22.5 Å². The molecule has 0 spiro atoms. The van der Waals surface area contributed by atoms with Gasteiger partial charge in [-0.25, -0.2) is 9.07 Å². The third-order valence-electron chi connectivity index (χ3n) is 2.45. The summed E-state index contributed by atoms with van der Waals surface area (Å²) >= 11 is 1.31. The van der Waals surface area contributed by atoms with Crippen LogP contribution in [0.15, 0.2) is 29.4 Å². The number of rotatable bonds is 3. The van der Waals surface area contributed by atoms with E-state index in [0.717, 1.165) is 0 Å². The lowest BCUT2D eigenvalue weighted by molar-refractivity contribution is -0.115. The zero-order valence-corrected chi connectivity index (χ0v) is 10.5. The normalized spacial score (nSPS) is 13.8. The van der Waals surface area contributed by atoms with E-state index >= 15 is 0 Å². The Kier molecular flexibility index (Phi) is 3.08. The summed E-state index contributed by atoms with van der Waals surface area (Å²) < 4.78 is 19.7. The largest absolute Gasteiger partial charge is 0.486 e. The predicted molar refractivity (Wildman–Crippen MR) is 65.8 cm³/mol. The predicted octanol–water partition coefficient (Wildman–Crippen LogP) is 1.17. The SMILES string of the molecule is O=C1CSc2nnc(COc3ccc(F)cc3)n2N1. The Labute approximate surface area is 111 Å². The molecule has 0 radical (unpaired) electrons. The van der Waals surface area contributed by atoms with E-state index in [9.17, 15) is 9.18 Å². The van der Waals surface area contributed by atoms with Gasteiger partial charge in [-0.3, -0.25) is 10.2 Å². The Balaban J connectivity index is 1.72. The van der Waals surface area contributed by atoms with Gasteiger partial charge in [0.05, 0.1) is 5.75 Å². The van der Waals surface area contributed by atoms with Gasteiger partial charge in [-0.05, 0) is 24.3 Å². The molecule has 1 N–H and O–H groups in total. The van der Waals surface area contributed by atoms with E-state index in [2.05, 4.69) is 15.6 Å². The summed E-state index contributed by atoms with van der Waals surface area (Å²) in [5.74, 6) is 0.904. The molecular formula is C11H9FN4O2S. The van der Waals surface area contributed by atoms with Crippen molar-refractivity contribution in [2.24, 2.45) is 0 Å². The van der Waals surface area contributed by atoms with Crippen molar-refractivity contribution >= 4 is 17.7 Å². The Bertz CT molecular complexity index is 614. The number of nitrogens with one attached hydrogen (secondary N) is 1. The first-order chi connectivity index (χ1) is 9.22. The van der Waals surface area contributed by atoms with E-state index < -0.39 is 0 Å². The summed E-state index contributed by atoms with van der Waals surface area (Å²) in [7, 11) is 0. The number of ether oxygens (including phenoxy) is 1. The minimum absolute atomic E-state index is 0.111. The van der Waals surface area contributed by atoms with E-state index in [1.54, 1.807) is 0 Å². The molecule has 0 saturated heterocycles. The topological polar surface area (TPSA) is 69.0 Å². The quantitative estimate of drug-likeness (QED) is 0.914. The van der Waals surface area contributed by atoms with Crippen molar-refractivity contribution < 1.29 is 13.9 Å². The maximum atomic E-state index is 12.7. The lowest BCUT2D eigenvalue weighted by Crippen LogP contribution is -2.31. The van der Waals surface area contributed by atoms with Gasteiger partial charge in [0.15, 0.2) is 5.82 Å². The molecule has 0 bridgehead atoms. The van der Waals surface area contributed by atoms with Crippen LogP contribution >= 0.6 is 11.8 Å². The maximum Gasteiger partial charge on any atom is 0.249 e. The minimum Gasteiger partial charge on any atom is -0.486 e. The molecule has 8 heteroatoms. The molecule has 98 valence electrons. The highest BCUT2D eigenvalue weighted by molar-refractivity contribution is 7.99. The Morgan fingerprint density at radius 2 is 2.16 bits per heavy atom. The third kappa shape index (κ3) is 2.53. The average Bonchev–Trinajstić information content (AvgIpc) is 2.80. The molecule has 19 heavy (non-hydrogen) atoms. The van der Waals surface area contributed by atoms with Crippen molar-refractivity contribution in [1.29, 1.82) is 0 Å². The van der Waals surface area contributed by atoms with Crippen molar-refractivity contribution in [2.75, 3.05) is 11.2 Å². The number of nitrogens with zero attached hydrogens (tertiary/aromatic N) is 3. The van der Waals surface area contributed by atoms with Gasteiger partial charge < -0.3 is 4.74 Å². The second-order valence-electron chi connectivity index (χ2n) is 3.80. The highest BCUT2D eigenvalue weighted by Gasteiger charge is 2.20. The molecule has 1 aliphatic heterocycles. The fourth-order valence-electron chi connectivity index (χ4n) is 1.57. The number of fused-ring (bicyclic) bond motifs is 1.